The Bertz CT molecular complexity index is 354. The van der Waals surface area contributed by atoms with Gasteiger partial charge in [-0.2, -0.15) is 0 Å². The van der Waals surface area contributed by atoms with Crippen LogP contribution >= 0.6 is 15.9 Å². The number of rotatable bonds is 2. The number of esters is 1. The number of aliphatic hydroxyl groups excluding tert-OH is 1. The number of halogens is 1. The SMILES string of the molecule is COC(=O)/C=C(\O)c1ccc(Br)cc1. The third-order valence-electron chi connectivity index (χ3n) is 1.60. The molecular weight excluding hydrogens is 248 g/mol. The van der Waals surface area contributed by atoms with Crippen molar-refractivity contribution < 1.29 is 14.6 Å². The molecule has 0 heterocycles. The van der Waals surface area contributed by atoms with Gasteiger partial charge in [-0.1, -0.05) is 28.1 Å². The number of methoxy groups -OCH3 is 1. The molecular formula is C10H9BrO3. The fraction of sp³-hybridized carbons (Fsp3) is 0.100. The maximum Gasteiger partial charge on any atom is 0.334 e. The highest BCUT2D eigenvalue weighted by atomic mass is 79.9. The Morgan fingerprint density at radius 1 is 1.43 bits per heavy atom. The van der Waals surface area contributed by atoms with Crippen molar-refractivity contribution in [2.45, 2.75) is 0 Å². The molecule has 74 valence electrons. The van der Waals surface area contributed by atoms with Gasteiger partial charge in [0, 0.05) is 10.0 Å². The lowest BCUT2D eigenvalue weighted by Crippen LogP contribution is -1.96. The van der Waals surface area contributed by atoms with Crippen LogP contribution in [0.3, 0.4) is 0 Å². The number of carbonyl (C=O) groups excluding carboxylic acids is 1. The van der Waals surface area contributed by atoms with E-state index in [1.807, 2.05) is 0 Å². The van der Waals surface area contributed by atoms with Gasteiger partial charge < -0.3 is 9.84 Å². The maximum atomic E-state index is 10.8. The topological polar surface area (TPSA) is 46.5 Å². The standard InChI is InChI=1S/C10H9BrO3/c1-14-10(13)6-9(12)7-2-4-8(11)5-3-7/h2-6,12H,1H3/b9-6-. The first-order valence-corrected chi connectivity index (χ1v) is 4.67. The molecule has 0 spiro atoms. The van der Waals surface area contributed by atoms with E-state index in [-0.39, 0.29) is 5.76 Å². The molecule has 0 atom stereocenters. The lowest BCUT2D eigenvalue weighted by molar-refractivity contribution is -0.134. The van der Waals surface area contributed by atoms with Gasteiger partial charge in [0.25, 0.3) is 0 Å². The van der Waals surface area contributed by atoms with E-state index in [2.05, 4.69) is 20.7 Å². The van der Waals surface area contributed by atoms with Gasteiger partial charge in [-0.3, -0.25) is 0 Å². The lowest BCUT2D eigenvalue weighted by Gasteiger charge is -1.99. The fourth-order valence-electron chi connectivity index (χ4n) is 0.875. The first-order valence-electron chi connectivity index (χ1n) is 3.88. The molecule has 0 bridgehead atoms. The van der Waals surface area contributed by atoms with E-state index in [4.69, 9.17) is 0 Å². The average molecular weight is 257 g/mol. The minimum atomic E-state index is -0.578. The normalized spacial score (nSPS) is 11.1. The zero-order valence-corrected chi connectivity index (χ0v) is 9.11. The van der Waals surface area contributed by atoms with E-state index in [0.717, 1.165) is 10.5 Å². The van der Waals surface area contributed by atoms with Crippen molar-refractivity contribution in [3.8, 4) is 0 Å². The van der Waals surface area contributed by atoms with Gasteiger partial charge >= 0.3 is 5.97 Å². The summed E-state index contributed by atoms with van der Waals surface area (Å²) in [5.41, 5.74) is 0.568. The van der Waals surface area contributed by atoms with E-state index < -0.39 is 5.97 Å². The predicted molar refractivity (Wildman–Crippen MR) is 56.8 cm³/mol. The summed E-state index contributed by atoms with van der Waals surface area (Å²) < 4.78 is 5.29. The van der Waals surface area contributed by atoms with Crippen molar-refractivity contribution in [1.82, 2.24) is 0 Å². The Hall–Kier alpha value is -1.29. The molecule has 0 fully saturated rings. The van der Waals surface area contributed by atoms with E-state index in [1.54, 1.807) is 24.3 Å². The Labute approximate surface area is 90.1 Å². The number of hydrogen-bond donors (Lipinski definition) is 1. The van der Waals surface area contributed by atoms with Crippen molar-refractivity contribution in [3.05, 3.63) is 40.4 Å². The predicted octanol–water partition coefficient (Wildman–Crippen LogP) is 2.52. The molecule has 4 heteroatoms. The lowest BCUT2D eigenvalue weighted by atomic mass is 10.2. The van der Waals surface area contributed by atoms with Crippen LogP contribution in [0.2, 0.25) is 0 Å². The average Bonchev–Trinajstić information content (AvgIpc) is 2.18. The van der Waals surface area contributed by atoms with Crippen LogP contribution in [0.4, 0.5) is 0 Å². The van der Waals surface area contributed by atoms with Gasteiger partial charge in [-0.15, -0.1) is 0 Å². The fourth-order valence-corrected chi connectivity index (χ4v) is 1.14. The monoisotopic (exact) mass is 256 g/mol. The number of ether oxygens (including phenoxy) is 1. The maximum absolute atomic E-state index is 10.8. The Morgan fingerprint density at radius 3 is 2.50 bits per heavy atom. The second-order valence-corrected chi connectivity index (χ2v) is 3.48. The van der Waals surface area contributed by atoms with Crippen LogP contribution in [0.5, 0.6) is 0 Å². The van der Waals surface area contributed by atoms with Crippen molar-refractivity contribution in [3.63, 3.8) is 0 Å². The van der Waals surface area contributed by atoms with Gasteiger partial charge in [0.1, 0.15) is 5.76 Å². The molecule has 0 unspecified atom stereocenters. The van der Waals surface area contributed by atoms with Gasteiger partial charge in [-0.25, -0.2) is 4.79 Å². The van der Waals surface area contributed by atoms with Crippen LogP contribution < -0.4 is 0 Å². The Kier molecular flexibility index (Phi) is 3.71. The summed E-state index contributed by atoms with van der Waals surface area (Å²) in [6.07, 6.45) is 1.03. The molecule has 0 aliphatic rings. The molecule has 3 nitrogen and oxygen atoms in total. The van der Waals surface area contributed by atoms with E-state index in [1.165, 1.54) is 7.11 Å². The van der Waals surface area contributed by atoms with Gasteiger partial charge in [0.15, 0.2) is 0 Å². The summed E-state index contributed by atoms with van der Waals surface area (Å²) in [5, 5.41) is 9.46. The molecule has 14 heavy (non-hydrogen) atoms. The van der Waals surface area contributed by atoms with Crippen LogP contribution in [0.15, 0.2) is 34.8 Å². The van der Waals surface area contributed by atoms with Crippen LogP contribution in [0, 0.1) is 0 Å². The Morgan fingerprint density at radius 2 is 2.00 bits per heavy atom. The molecule has 0 radical (unpaired) electrons. The van der Waals surface area contributed by atoms with Crippen molar-refractivity contribution >= 4 is 27.7 Å². The largest absolute Gasteiger partial charge is 0.507 e. The summed E-state index contributed by atoms with van der Waals surface area (Å²) in [6, 6.07) is 6.94. The van der Waals surface area contributed by atoms with Crippen LogP contribution in [-0.2, 0) is 9.53 Å². The molecule has 1 N–H and O–H groups in total. The van der Waals surface area contributed by atoms with Gasteiger partial charge in [0.2, 0.25) is 0 Å². The van der Waals surface area contributed by atoms with Gasteiger partial charge in [-0.05, 0) is 12.1 Å². The Balaban J connectivity index is 2.89. The third kappa shape index (κ3) is 2.88. The number of aliphatic hydroxyl groups is 1. The quantitative estimate of drug-likeness (QED) is 0.503. The summed E-state index contributed by atoms with van der Waals surface area (Å²) in [4.78, 5) is 10.8. The van der Waals surface area contributed by atoms with Crippen molar-refractivity contribution in [2.24, 2.45) is 0 Å². The van der Waals surface area contributed by atoms with Crippen LogP contribution in [0.25, 0.3) is 5.76 Å². The summed E-state index contributed by atoms with van der Waals surface area (Å²) in [6.45, 7) is 0. The molecule has 0 aliphatic carbocycles. The smallest absolute Gasteiger partial charge is 0.334 e. The minimum Gasteiger partial charge on any atom is -0.507 e. The number of benzene rings is 1. The summed E-state index contributed by atoms with van der Waals surface area (Å²) >= 11 is 3.27. The number of carbonyl (C=O) groups is 1. The summed E-state index contributed by atoms with van der Waals surface area (Å²) in [7, 11) is 1.26. The minimum absolute atomic E-state index is 0.107. The van der Waals surface area contributed by atoms with E-state index in [0.29, 0.717) is 5.56 Å². The molecule has 0 saturated carbocycles. The van der Waals surface area contributed by atoms with Crippen molar-refractivity contribution in [1.29, 1.82) is 0 Å². The molecule has 0 aromatic heterocycles. The second kappa shape index (κ2) is 4.81. The third-order valence-corrected chi connectivity index (χ3v) is 2.12. The van der Waals surface area contributed by atoms with E-state index >= 15 is 0 Å². The van der Waals surface area contributed by atoms with Gasteiger partial charge in [0.05, 0.1) is 13.2 Å². The highest BCUT2D eigenvalue weighted by Crippen LogP contribution is 2.15. The molecule has 0 amide bonds. The highest BCUT2D eigenvalue weighted by Gasteiger charge is 2.02. The zero-order valence-electron chi connectivity index (χ0n) is 7.53. The molecule has 1 aromatic carbocycles. The second-order valence-electron chi connectivity index (χ2n) is 2.56. The molecule has 0 saturated heterocycles. The van der Waals surface area contributed by atoms with Crippen LogP contribution in [0.1, 0.15) is 5.56 Å². The van der Waals surface area contributed by atoms with Crippen LogP contribution in [-0.4, -0.2) is 18.2 Å². The van der Waals surface area contributed by atoms with E-state index in [9.17, 15) is 9.90 Å². The van der Waals surface area contributed by atoms with Crippen molar-refractivity contribution in [2.75, 3.05) is 7.11 Å². The summed E-state index contributed by atoms with van der Waals surface area (Å²) in [5.74, 6) is -0.685. The first kappa shape index (κ1) is 10.8. The molecule has 1 rings (SSSR count). The highest BCUT2D eigenvalue weighted by molar-refractivity contribution is 9.10. The number of hydrogen-bond acceptors (Lipinski definition) is 3. The first-order chi connectivity index (χ1) is 6.63. The molecule has 1 aromatic rings. The zero-order chi connectivity index (χ0) is 10.6. The molecule has 0 aliphatic heterocycles.